The van der Waals surface area contributed by atoms with Gasteiger partial charge in [0.25, 0.3) is 11.4 Å². The Labute approximate surface area is 233 Å². The first kappa shape index (κ1) is 27.0. The third-order valence-corrected chi connectivity index (χ3v) is 6.55. The van der Waals surface area contributed by atoms with E-state index in [1.54, 1.807) is 29.4 Å². The van der Waals surface area contributed by atoms with Gasteiger partial charge in [0.15, 0.2) is 17.0 Å². The minimum absolute atomic E-state index is 0.0188. The van der Waals surface area contributed by atoms with Crippen molar-refractivity contribution in [1.82, 2.24) is 24.4 Å². The molecule has 3 heterocycles. The van der Waals surface area contributed by atoms with Crippen molar-refractivity contribution in [2.45, 2.75) is 6.54 Å². The van der Waals surface area contributed by atoms with Gasteiger partial charge in [-0.2, -0.15) is 9.97 Å². The molecule has 2 amide bonds. The number of benzene rings is 2. The number of rotatable bonds is 9. The summed E-state index contributed by atoms with van der Waals surface area (Å²) in [6.07, 6.45) is 3.37. The van der Waals surface area contributed by atoms with Crippen LogP contribution in [-0.4, -0.2) is 73.0 Å². The Bertz CT molecular complexity index is 1600. The molecule has 0 saturated carbocycles. The highest BCUT2D eigenvalue weighted by molar-refractivity contribution is 5.89. The number of nitrogens with one attached hydrogen (secondary N) is 2. The highest BCUT2D eigenvalue weighted by Crippen LogP contribution is 2.25. The van der Waals surface area contributed by atoms with E-state index < -0.39 is 9.85 Å². The predicted octanol–water partition coefficient (Wildman–Crippen LogP) is 3.64. The Morgan fingerprint density at radius 1 is 0.951 bits per heavy atom. The van der Waals surface area contributed by atoms with Gasteiger partial charge in [0.05, 0.1) is 22.7 Å². The Kier molecular flexibility index (Phi) is 7.67. The smallest absolute Gasteiger partial charge is 0.321 e. The number of anilines is 3. The van der Waals surface area contributed by atoms with Crippen LogP contribution in [0.3, 0.4) is 0 Å². The number of hydrogen-bond donors (Lipinski definition) is 2. The van der Waals surface area contributed by atoms with Crippen LogP contribution < -0.4 is 15.5 Å². The minimum atomic E-state index is -0.495. The Morgan fingerprint density at radius 3 is 2.20 bits per heavy atom. The van der Waals surface area contributed by atoms with Crippen LogP contribution in [0.2, 0.25) is 0 Å². The van der Waals surface area contributed by atoms with Crippen LogP contribution in [0.4, 0.5) is 33.6 Å². The monoisotopic (exact) mass is 558 g/mol. The van der Waals surface area contributed by atoms with E-state index in [4.69, 9.17) is 9.97 Å². The third kappa shape index (κ3) is 6.03. The normalized spacial score (nSPS) is 13.2. The lowest BCUT2D eigenvalue weighted by Gasteiger charge is -2.34. The number of fused-ring (bicyclic) bond motifs is 1. The summed E-state index contributed by atoms with van der Waals surface area (Å²) in [7, 11) is 0. The lowest BCUT2D eigenvalue weighted by Crippen LogP contribution is -2.50. The molecule has 0 bridgehead atoms. The average Bonchev–Trinajstić information content (AvgIpc) is 3.39. The first-order chi connectivity index (χ1) is 19.8. The van der Waals surface area contributed by atoms with Crippen molar-refractivity contribution in [2.24, 2.45) is 0 Å². The van der Waals surface area contributed by atoms with Gasteiger partial charge >= 0.3 is 6.03 Å². The largest absolute Gasteiger partial charge is 0.365 e. The Hall–Kier alpha value is -5.60. The number of amides is 2. The van der Waals surface area contributed by atoms with Gasteiger partial charge in [0, 0.05) is 62.7 Å². The summed E-state index contributed by atoms with van der Waals surface area (Å²) in [5.41, 5.74) is 2.46. The van der Waals surface area contributed by atoms with Gasteiger partial charge in [0.1, 0.15) is 0 Å². The summed E-state index contributed by atoms with van der Waals surface area (Å²) in [5, 5.41) is 27.8. The van der Waals surface area contributed by atoms with E-state index in [0.717, 1.165) is 5.56 Å². The Balaban J connectivity index is 1.31. The number of carbonyl (C=O) groups excluding carboxylic acids is 1. The molecule has 5 rings (SSSR count). The molecule has 1 fully saturated rings. The summed E-state index contributed by atoms with van der Waals surface area (Å²) in [4.78, 5) is 51.3. The van der Waals surface area contributed by atoms with Gasteiger partial charge in [-0.3, -0.25) is 20.2 Å². The van der Waals surface area contributed by atoms with Crippen molar-refractivity contribution >= 4 is 46.0 Å². The molecule has 0 aliphatic carbocycles. The number of piperazine rings is 1. The quantitative estimate of drug-likeness (QED) is 0.175. The predicted molar refractivity (Wildman–Crippen MR) is 152 cm³/mol. The third-order valence-electron chi connectivity index (χ3n) is 6.55. The van der Waals surface area contributed by atoms with Gasteiger partial charge in [0.2, 0.25) is 5.95 Å². The van der Waals surface area contributed by atoms with Crippen LogP contribution in [0.15, 0.2) is 67.5 Å². The second-order valence-electron chi connectivity index (χ2n) is 9.22. The molecule has 0 spiro atoms. The van der Waals surface area contributed by atoms with Crippen molar-refractivity contribution in [2.75, 3.05) is 48.3 Å². The second-order valence-corrected chi connectivity index (χ2v) is 9.22. The molecule has 0 atom stereocenters. The van der Waals surface area contributed by atoms with Crippen LogP contribution in [0, 0.1) is 20.2 Å². The number of hydrogen-bond acceptors (Lipinski definition) is 10. The van der Waals surface area contributed by atoms with E-state index in [1.165, 1.54) is 36.4 Å². The molecule has 2 aromatic heterocycles. The van der Waals surface area contributed by atoms with Crippen LogP contribution in [-0.2, 0) is 6.54 Å². The molecule has 4 aromatic rings. The fourth-order valence-electron chi connectivity index (χ4n) is 4.38. The first-order valence-electron chi connectivity index (χ1n) is 12.7. The maximum atomic E-state index is 12.8. The number of urea groups is 1. The highest BCUT2D eigenvalue weighted by atomic mass is 16.6. The van der Waals surface area contributed by atoms with E-state index in [9.17, 15) is 25.0 Å². The van der Waals surface area contributed by atoms with E-state index >= 15 is 0 Å². The molecule has 210 valence electrons. The van der Waals surface area contributed by atoms with Crippen LogP contribution in [0.5, 0.6) is 0 Å². The summed E-state index contributed by atoms with van der Waals surface area (Å²) < 4.78 is 1.86. The number of aromatic nitrogens is 4. The number of nitrogens with zero attached hydrogens (tertiary/aromatic N) is 8. The number of nitro benzene ring substituents is 2. The van der Waals surface area contributed by atoms with Crippen molar-refractivity contribution in [3.8, 4) is 0 Å². The highest BCUT2D eigenvalue weighted by Gasteiger charge is 2.25. The number of carbonyl (C=O) groups is 1. The lowest BCUT2D eigenvalue weighted by molar-refractivity contribution is -0.385. The number of non-ortho nitro benzene ring substituents is 2. The van der Waals surface area contributed by atoms with Gasteiger partial charge in [-0.1, -0.05) is 18.2 Å². The molecule has 1 aliphatic heterocycles. The topological polar surface area (TPSA) is 177 Å². The number of imidazole rings is 1. The SMILES string of the molecule is C=CCNc1nc(N2CCN(C(=O)Nc3ccc([N+](=O)[O-])cc3)CC2)nc2c1ncn2Cc1ccc([N+](=O)[O-])cc1. The fourth-order valence-corrected chi connectivity index (χ4v) is 4.38. The van der Waals surface area contributed by atoms with Crippen molar-refractivity contribution < 1.29 is 14.6 Å². The van der Waals surface area contributed by atoms with Gasteiger partial charge < -0.3 is 25.0 Å². The molecular formula is C26H26N10O5. The zero-order valence-electron chi connectivity index (χ0n) is 21.8. The van der Waals surface area contributed by atoms with Crippen molar-refractivity contribution in [1.29, 1.82) is 0 Å². The summed E-state index contributed by atoms with van der Waals surface area (Å²) >= 11 is 0. The molecule has 1 saturated heterocycles. The second kappa shape index (κ2) is 11.6. The van der Waals surface area contributed by atoms with E-state index in [2.05, 4.69) is 22.2 Å². The maximum absolute atomic E-state index is 12.8. The van der Waals surface area contributed by atoms with E-state index in [1.807, 2.05) is 9.47 Å². The summed E-state index contributed by atoms with van der Waals surface area (Å²) in [6, 6.07) is 11.7. The van der Waals surface area contributed by atoms with E-state index in [0.29, 0.717) is 67.9 Å². The molecular weight excluding hydrogens is 532 g/mol. The molecule has 41 heavy (non-hydrogen) atoms. The van der Waals surface area contributed by atoms with Crippen LogP contribution in [0.25, 0.3) is 11.2 Å². The molecule has 0 radical (unpaired) electrons. The zero-order chi connectivity index (χ0) is 28.9. The molecule has 0 unspecified atom stereocenters. The van der Waals surface area contributed by atoms with Gasteiger partial charge in [-0.15, -0.1) is 6.58 Å². The van der Waals surface area contributed by atoms with Gasteiger partial charge in [-0.25, -0.2) is 9.78 Å². The van der Waals surface area contributed by atoms with E-state index in [-0.39, 0.29) is 17.4 Å². The molecule has 15 nitrogen and oxygen atoms in total. The van der Waals surface area contributed by atoms with Crippen LogP contribution in [0.1, 0.15) is 5.56 Å². The summed E-state index contributed by atoms with van der Waals surface area (Å²) in [5.74, 6) is 1.02. The van der Waals surface area contributed by atoms with Crippen molar-refractivity contribution in [3.05, 3.63) is 93.3 Å². The number of nitro groups is 2. The zero-order valence-corrected chi connectivity index (χ0v) is 21.8. The molecule has 2 N–H and O–H groups in total. The van der Waals surface area contributed by atoms with Gasteiger partial charge in [-0.05, 0) is 17.7 Å². The Morgan fingerprint density at radius 2 is 1.59 bits per heavy atom. The molecule has 2 aromatic carbocycles. The molecule has 1 aliphatic rings. The lowest BCUT2D eigenvalue weighted by atomic mass is 10.2. The van der Waals surface area contributed by atoms with Crippen molar-refractivity contribution in [3.63, 3.8) is 0 Å². The maximum Gasteiger partial charge on any atom is 0.321 e. The molecule has 15 heteroatoms. The standard InChI is InChI=1S/C26H26N10O5/c1-2-11-27-23-22-24(34(17-28-22)16-18-3-7-20(8-4-18)35(38)39)31-25(30-23)32-12-14-33(15-13-32)26(37)29-19-5-9-21(10-6-19)36(40)41/h2-10,17H,1,11-16H2,(H,29,37)(H,27,30,31). The van der Waals surface area contributed by atoms with Crippen LogP contribution >= 0.6 is 0 Å². The average molecular weight is 559 g/mol. The first-order valence-corrected chi connectivity index (χ1v) is 12.7. The summed E-state index contributed by atoms with van der Waals surface area (Å²) in [6.45, 7) is 6.42. The fraction of sp³-hybridized carbons (Fsp3) is 0.231. The minimum Gasteiger partial charge on any atom is -0.365 e.